The topological polar surface area (TPSA) is 81.2 Å². The highest BCUT2D eigenvalue weighted by atomic mass is 35.5. The van der Waals surface area contributed by atoms with Crippen LogP contribution in [-0.2, 0) is 10.5 Å². The molecular weight excluding hydrogens is 533 g/mol. The van der Waals surface area contributed by atoms with Gasteiger partial charge < -0.3 is 4.74 Å². The molecule has 1 N–H and O–H groups in total. The van der Waals surface area contributed by atoms with Crippen LogP contribution in [0.2, 0.25) is 15.1 Å². The van der Waals surface area contributed by atoms with Gasteiger partial charge in [-0.3, -0.25) is 10.1 Å². The molecule has 0 aliphatic rings. The van der Waals surface area contributed by atoms with Crippen LogP contribution in [0.25, 0.3) is 10.1 Å². The van der Waals surface area contributed by atoms with Gasteiger partial charge in [0.05, 0.1) is 22.7 Å². The summed E-state index contributed by atoms with van der Waals surface area (Å²) in [7, 11) is 1.34. The molecule has 4 rings (SSSR count). The summed E-state index contributed by atoms with van der Waals surface area (Å²) in [6.45, 7) is 0. The summed E-state index contributed by atoms with van der Waals surface area (Å²) >= 11 is 22.6. The molecule has 0 aliphatic heterocycles. The fourth-order valence-electron chi connectivity index (χ4n) is 2.73. The number of hydrogen-bond acceptors (Lipinski definition) is 8. The minimum atomic E-state index is -0.394. The Morgan fingerprint density at radius 3 is 2.56 bits per heavy atom. The van der Waals surface area contributed by atoms with Gasteiger partial charge in [0.1, 0.15) is 4.88 Å². The number of rotatable bonds is 6. The highest BCUT2D eigenvalue weighted by molar-refractivity contribution is 8.00. The number of thioether (sulfide) groups is 1. The van der Waals surface area contributed by atoms with Crippen LogP contribution in [0.4, 0.5) is 5.13 Å². The van der Waals surface area contributed by atoms with Crippen LogP contribution in [0.1, 0.15) is 25.6 Å². The van der Waals surface area contributed by atoms with Crippen molar-refractivity contribution in [1.82, 2.24) is 10.2 Å². The number of nitrogens with zero attached hydrogens (tertiary/aromatic N) is 2. The van der Waals surface area contributed by atoms with Crippen LogP contribution >= 0.6 is 69.2 Å². The smallest absolute Gasteiger partial charge is 0.337 e. The molecule has 32 heavy (non-hydrogen) atoms. The van der Waals surface area contributed by atoms with Gasteiger partial charge in [0.2, 0.25) is 5.13 Å². The molecule has 12 heteroatoms. The summed E-state index contributed by atoms with van der Waals surface area (Å²) in [5, 5.41) is 13.0. The lowest BCUT2D eigenvalue weighted by molar-refractivity contribution is 0.0600. The van der Waals surface area contributed by atoms with Crippen LogP contribution in [0.15, 0.2) is 40.7 Å². The van der Waals surface area contributed by atoms with Crippen LogP contribution in [0.3, 0.4) is 0 Å². The highest BCUT2D eigenvalue weighted by Gasteiger charge is 2.21. The number of aromatic nitrogens is 2. The Balaban J connectivity index is 1.41. The van der Waals surface area contributed by atoms with E-state index in [1.807, 2.05) is 12.1 Å². The van der Waals surface area contributed by atoms with E-state index in [-0.39, 0.29) is 11.0 Å². The zero-order valence-electron chi connectivity index (χ0n) is 16.1. The van der Waals surface area contributed by atoms with Crippen LogP contribution < -0.4 is 5.32 Å². The summed E-state index contributed by atoms with van der Waals surface area (Å²) < 4.78 is 6.11. The van der Waals surface area contributed by atoms with E-state index in [9.17, 15) is 9.59 Å². The van der Waals surface area contributed by atoms with E-state index in [2.05, 4.69) is 15.5 Å². The predicted molar refractivity (Wildman–Crippen MR) is 132 cm³/mol. The lowest BCUT2D eigenvalue weighted by Gasteiger charge is -2.01. The van der Waals surface area contributed by atoms with E-state index >= 15 is 0 Å². The number of halogens is 3. The van der Waals surface area contributed by atoms with Crippen molar-refractivity contribution in [1.29, 1.82) is 0 Å². The number of amides is 1. The third-order valence-electron chi connectivity index (χ3n) is 4.22. The van der Waals surface area contributed by atoms with Gasteiger partial charge in [-0.15, -0.1) is 21.5 Å². The van der Waals surface area contributed by atoms with Crippen molar-refractivity contribution in [2.75, 3.05) is 12.4 Å². The molecule has 164 valence electrons. The molecule has 2 heterocycles. The van der Waals surface area contributed by atoms with Crippen molar-refractivity contribution >= 4 is 96.3 Å². The normalized spacial score (nSPS) is 11.0. The van der Waals surface area contributed by atoms with Crippen molar-refractivity contribution in [3.63, 3.8) is 0 Å². The minimum absolute atomic E-state index is 0.277. The lowest BCUT2D eigenvalue weighted by Crippen LogP contribution is -2.10. The van der Waals surface area contributed by atoms with Crippen molar-refractivity contribution in [3.05, 3.63) is 67.5 Å². The molecule has 0 unspecified atom stereocenters. The monoisotopic (exact) mass is 543 g/mol. The third kappa shape index (κ3) is 5.03. The van der Waals surface area contributed by atoms with Gasteiger partial charge in [-0.05, 0) is 29.8 Å². The Labute approximate surface area is 209 Å². The summed E-state index contributed by atoms with van der Waals surface area (Å²) in [6, 6.07) is 10.4. The Morgan fingerprint density at radius 1 is 1.09 bits per heavy atom. The summed E-state index contributed by atoms with van der Waals surface area (Å²) in [6.07, 6.45) is 0. The van der Waals surface area contributed by atoms with Gasteiger partial charge in [0.15, 0.2) is 4.34 Å². The standard InChI is InChI=1S/C20H12Cl3N3O3S3/c1-29-18(28)10-4-2-9(3-5-10)8-30-20-26-25-19(32-20)24-17(27)16-15(23)14-12(22)6-11(21)7-13(14)31-16/h2-7H,8H2,1H3,(H,24,25,27). The maximum absolute atomic E-state index is 12.7. The fourth-order valence-corrected chi connectivity index (χ4v) is 6.71. The van der Waals surface area contributed by atoms with E-state index in [4.69, 9.17) is 39.5 Å². The molecule has 6 nitrogen and oxygen atoms in total. The van der Waals surface area contributed by atoms with E-state index < -0.39 is 5.91 Å². The van der Waals surface area contributed by atoms with Gasteiger partial charge in [0, 0.05) is 20.9 Å². The molecular formula is C20H12Cl3N3O3S3. The molecule has 0 saturated carbocycles. The average molecular weight is 545 g/mol. The molecule has 0 aliphatic carbocycles. The van der Waals surface area contributed by atoms with Crippen molar-refractivity contribution in [3.8, 4) is 0 Å². The molecule has 0 saturated heterocycles. The second kappa shape index (κ2) is 9.94. The summed E-state index contributed by atoms with van der Waals surface area (Å²) in [4.78, 5) is 24.6. The molecule has 1 amide bonds. The Bertz CT molecular complexity index is 1320. The molecule has 0 radical (unpaired) electrons. The Hall–Kier alpha value is -1.88. The van der Waals surface area contributed by atoms with Crippen molar-refractivity contribution in [2.45, 2.75) is 10.1 Å². The van der Waals surface area contributed by atoms with Crippen molar-refractivity contribution in [2.24, 2.45) is 0 Å². The molecule has 2 aromatic heterocycles. The van der Waals surface area contributed by atoms with E-state index in [1.54, 1.807) is 24.3 Å². The average Bonchev–Trinajstić information content (AvgIpc) is 3.35. The number of ether oxygens (including phenoxy) is 1. The zero-order chi connectivity index (χ0) is 22.8. The first-order valence-electron chi connectivity index (χ1n) is 8.87. The second-order valence-electron chi connectivity index (χ2n) is 6.31. The number of carbonyl (C=O) groups is 2. The van der Waals surface area contributed by atoms with Gasteiger partial charge in [-0.1, -0.05) is 70.0 Å². The Morgan fingerprint density at radius 2 is 1.84 bits per heavy atom. The number of thiophene rings is 1. The van der Waals surface area contributed by atoms with Crippen LogP contribution in [-0.4, -0.2) is 29.2 Å². The van der Waals surface area contributed by atoms with Gasteiger partial charge in [-0.2, -0.15) is 0 Å². The number of carbonyl (C=O) groups excluding carboxylic acids is 2. The fraction of sp³-hybridized carbons (Fsp3) is 0.100. The third-order valence-corrected chi connectivity index (χ3v) is 8.41. The number of hydrogen-bond donors (Lipinski definition) is 1. The first kappa shape index (κ1) is 23.3. The summed E-state index contributed by atoms with van der Waals surface area (Å²) in [5.41, 5.74) is 1.50. The van der Waals surface area contributed by atoms with Gasteiger partial charge >= 0.3 is 5.97 Å². The van der Waals surface area contributed by atoms with Gasteiger partial charge in [-0.25, -0.2) is 4.79 Å². The first-order valence-corrected chi connectivity index (χ1v) is 12.6. The van der Waals surface area contributed by atoms with Crippen LogP contribution in [0, 0.1) is 0 Å². The maximum atomic E-state index is 12.7. The lowest BCUT2D eigenvalue weighted by atomic mass is 10.1. The quantitative estimate of drug-likeness (QED) is 0.159. The zero-order valence-corrected chi connectivity index (χ0v) is 20.9. The van der Waals surface area contributed by atoms with Crippen molar-refractivity contribution < 1.29 is 14.3 Å². The minimum Gasteiger partial charge on any atom is -0.465 e. The Kier molecular flexibility index (Phi) is 7.24. The highest BCUT2D eigenvalue weighted by Crippen LogP contribution is 2.41. The van der Waals surface area contributed by atoms with E-state index in [1.165, 1.54) is 41.5 Å². The second-order valence-corrected chi connectivity index (χ2v) is 10.8. The summed E-state index contributed by atoms with van der Waals surface area (Å²) in [5.74, 6) is -0.141. The predicted octanol–water partition coefficient (Wildman–Crippen LogP) is 7.04. The number of fused-ring (bicyclic) bond motifs is 1. The molecule has 0 bridgehead atoms. The molecule has 4 aromatic rings. The van der Waals surface area contributed by atoms with E-state index in [0.717, 1.165) is 10.3 Å². The number of esters is 1. The number of methoxy groups -OCH3 is 1. The number of anilines is 1. The molecule has 0 atom stereocenters. The SMILES string of the molecule is COC(=O)c1ccc(CSc2nnc(NC(=O)c3sc4cc(Cl)cc(Cl)c4c3Cl)s2)cc1. The van der Waals surface area contributed by atoms with Crippen LogP contribution in [0.5, 0.6) is 0 Å². The molecule has 0 fully saturated rings. The molecule has 0 spiro atoms. The van der Waals surface area contributed by atoms with Gasteiger partial charge in [0.25, 0.3) is 5.91 Å². The molecule has 2 aromatic carbocycles. The number of nitrogens with one attached hydrogen (secondary N) is 1. The maximum Gasteiger partial charge on any atom is 0.337 e. The largest absolute Gasteiger partial charge is 0.465 e. The van der Waals surface area contributed by atoms with E-state index in [0.29, 0.717) is 41.1 Å². The first-order chi connectivity index (χ1) is 15.4. The number of benzene rings is 2.